The summed E-state index contributed by atoms with van der Waals surface area (Å²) in [7, 11) is 0. The second-order valence-corrected chi connectivity index (χ2v) is 6.78. The standard InChI is InChI=1S/C17H32FNO.C2H6/c1-7-8-11-17(5,6)20-14-12-16(3,4)10-9-13-19-15(2)18;1-2/h7,19H,1-2,8-14H2,3-6H3;1-2H3. The predicted octanol–water partition coefficient (Wildman–Crippen LogP) is 6.00. The van der Waals surface area contributed by atoms with Gasteiger partial charge in [-0.1, -0.05) is 33.8 Å². The summed E-state index contributed by atoms with van der Waals surface area (Å²) in [6.07, 6.45) is 6.91. The maximum atomic E-state index is 12.4. The van der Waals surface area contributed by atoms with Gasteiger partial charge < -0.3 is 10.1 Å². The summed E-state index contributed by atoms with van der Waals surface area (Å²) in [5.41, 5.74) is 0.131. The molecule has 0 bridgehead atoms. The first-order valence-corrected chi connectivity index (χ1v) is 8.52. The average molecular weight is 316 g/mol. The fraction of sp³-hybridized carbons (Fsp3) is 0.789. The summed E-state index contributed by atoms with van der Waals surface area (Å²) in [4.78, 5) is 0. The number of ether oxygens (including phenoxy) is 1. The molecule has 3 heteroatoms. The number of hydrogen-bond acceptors (Lipinski definition) is 2. The van der Waals surface area contributed by atoms with Gasteiger partial charge in [0.25, 0.3) is 0 Å². The molecule has 0 aromatic rings. The van der Waals surface area contributed by atoms with Gasteiger partial charge in [0.05, 0.1) is 5.60 Å². The lowest BCUT2D eigenvalue weighted by Gasteiger charge is -2.29. The highest BCUT2D eigenvalue weighted by Gasteiger charge is 2.21. The molecule has 0 aliphatic heterocycles. The van der Waals surface area contributed by atoms with Gasteiger partial charge in [-0.2, -0.15) is 4.39 Å². The topological polar surface area (TPSA) is 21.3 Å². The van der Waals surface area contributed by atoms with E-state index in [1.807, 2.05) is 19.9 Å². The summed E-state index contributed by atoms with van der Waals surface area (Å²) in [6, 6.07) is 0. The molecular formula is C19H38FNO. The first-order chi connectivity index (χ1) is 10.2. The van der Waals surface area contributed by atoms with E-state index in [2.05, 4.69) is 46.2 Å². The molecule has 0 unspecified atom stereocenters. The minimum Gasteiger partial charge on any atom is -0.376 e. The normalized spacial score (nSPS) is 11.4. The van der Waals surface area contributed by atoms with Gasteiger partial charge in [0.2, 0.25) is 0 Å². The minimum absolute atomic E-state index is 0.0855. The fourth-order valence-electron chi connectivity index (χ4n) is 2.04. The Morgan fingerprint density at radius 3 is 2.23 bits per heavy atom. The van der Waals surface area contributed by atoms with Crippen LogP contribution in [-0.2, 0) is 4.74 Å². The predicted molar refractivity (Wildman–Crippen MR) is 96.7 cm³/mol. The highest BCUT2D eigenvalue weighted by atomic mass is 19.1. The molecule has 1 N–H and O–H groups in total. The van der Waals surface area contributed by atoms with E-state index in [1.165, 1.54) is 0 Å². The van der Waals surface area contributed by atoms with Crippen LogP contribution in [0.1, 0.15) is 73.6 Å². The Hall–Kier alpha value is -0.830. The van der Waals surface area contributed by atoms with E-state index in [-0.39, 0.29) is 11.0 Å². The summed E-state index contributed by atoms with van der Waals surface area (Å²) in [5, 5.41) is 2.62. The third-order valence-electron chi connectivity index (χ3n) is 3.57. The summed E-state index contributed by atoms with van der Waals surface area (Å²) in [6.45, 7) is 21.1. The maximum absolute atomic E-state index is 12.4. The van der Waals surface area contributed by atoms with Crippen LogP contribution in [0.15, 0.2) is 25.2 Å². The van der Waals surface area contributed by atoms with Gasteiger partial charge in [0.15, 0.2) is 5.95 Å². The number of rotatable bonds is 12. The van der Waals surface area contributed by atoms with Gasteiger partial charge >= 0.3 is 0 Å². The van der Waals surface area contributed by atoms with E-state index in [0.717, 1.165) is 38.7 Å². The zero-order valence-corrected chi connectivity index (χ0v) is 15.7. The first-order valence-electron chi connectivity index (χ1n) is 8.52. The van der Waals surface area contributed by atoms with Crippen molar-refractivity contribution >= 4 is 0 Å². The molecule has 2 nitrogen and oxygen atoms in total. The van der Waals surface area contributed by atoms with Gasteiger partial charge in [-0.15, -0.1) is 6.58 Å². The van der Waals surface area contributed by atoms with E-state index in [0.29, 0.717) is 6.54 Å². The molecule has 0 aliphatic carbocycles. The third kappa shape index (κ3) is 15.6. The molecule has 0 fully saturated rings. The number of nitrogens with one attached hydrogen (secondary N) is 1. The molecule has 0 aromatic heterocycles. The van der Waals surface area contributed by atoms with E-state index in [4.69, 9.17) is 4.74 Å². The maximum Gasteiger partial charge on any atom is 0.179 e. The van der Waals surface area contributed by atoms with Crippen molar-refractivity contribution in [2.75, 3.05) is 13.2 Å². The molecule has 0 spiro atoms. The lowest BCUT2D eigenvalue weighted by Crippen LogP contribution is -2.27. The van der Waals surface area contributed by atoms with Crippen molar-refractivity contribution in [1.82, 2.24) is 5.32 Å². The van der Waals surface area contributed by atoms with Crippen LogP contribution in [0, 0.1) is 5.41 Å². The highest BCUT2D eigenvalue weighted by Crippen LogP contribution is 2.28. The van der Waals surface area contributed by atoms with Crippen LogP contribution in [-0.4, -0.2) is 18.8 Å². The van der Waals surface area contributed by atoms with E-state index in [9.17, 15) is 4.39 Å². The van der Waals surface area contributed by atoms with Crippen molar-refractivity contribution in [2.24, 2.45) is 5.41 Å². The first kappa shape index (κ1) is 23.4. The van der Waals surface area contributed by atoms with Crippen molar-refractivity contribution < 1.29 is 9.13 Å². The summed E-state index contributed by atoms with van der Waals surface area (Å²) >= 11 is 0. The van der Waals surface area contributed by atoms with E-state index in [1.54, 1.807) is 0 Å². The van der Waals surface area contributed by atoms with Crippen LogP contribution in [0.5, 0.6) is 0 Å². The van der Waals surface area contributed by atoms with Gasteiger partial charge in [-0.05, 0) is 57.9 Å². The van der Waals surface area contributed by atoms with Crippen LogP contribution in [0.3, 0.4) is 0 Å². The number of hydrogen-bond donors (Lipinski definition) is 1. The van der Waals surface area contributed by atoms with Crippen LogP contribution in [0.25, 0.3) is 0 Å². The summed E-state index contributed by atoms with van der Waals surface area (Å²) < 4.78 is 18.4. The fourth-order valence-corrected chi connectivity index (χ4v) is 2.04. The molecule has 0 heterocycles. The molecule has 0 aliphatic rings. The Morgan fingerprint density at radius 2 is 1.73 bits per heavy atom. The molecule has 132 valence electrons. The van der Waals surface area contributed by atoms with Crippen molar-refractivity contribution in [3.63, 3.8) is 0 Å². The monoisotopic (exact) mass is 315 g/mol. The highest BCUT2D eigenvalue weighted by molar-refractivity contribution is 4.78. The van der Waals surface area contributed by atoms with Gasteiger partial charge in [-0.3, -0.25) is 0 Å². The Morgan fingerprint density at radius 1 is 1.14 bits per heavy atom. The van der Waals surface area contributed by atoms with Crippen molar-refractivity contribution in [2.45, 2.75) is 79.2 Å². The van der Waals surface area contributed by atoms with E-state index >= 15 is 0 Å². The largest absolute Gasteiger partial charge is 0.376 e. The molecule has 0 atom stereocenters. The Bertz CT molecular complexity index is 298. The average Bonchev–Trinajstić information content (AvgIpc) is 2.43. The van der Waals surface area contributed by atoms with Crippen LogP contribution < -0.4 is 5.32 Å². The van der Waals surface area contributed by atoms with Gasteiger partial charge in [0, 0.05) is 13.2 Å². The van der Waals surface area contributed by atoms with Crippen molar-refractivity contribution in [3.05, 3.63) is 25.2 Å². The Balaban J connectivity index is 0. The van der Waals surface area contributed by atoms with Crippen LogP contribution in [0.4, 0.5) is 4.39 Å². The molecule has 0 saturated carbocycles. The van der Waals surface area contributed by atoms with Crippen LogP contribution >= 0.6 is 0 Å². The lowest BCUT2D eigenvalue weighted by atomic mass is 9.84. The molecule has 0 rings (SSSR count). The number of halogens is 1. The molecule has 22 heavy (non-hydrogen) atoms. The van der Waals surface area contributed by atoms with Crippen LogP contribution in [0.2, 0.25) is 0 Å². The van der Waals surface area contributed by atoms with Crippen molar-refractivity contribution in [3.8, 4) is 0 Å². The quantitative estimate of drug-likeness (QED) is 0.271. The van der Waals surface area contributed by atoms with Crippen molar-refractivity contribution in [1.29, 1.82) is 0 Å². The molecule has 0 saturated heterocycles. The molecule has 0 amide bonds. The SMILES string of the molecule is C=CCCC(C)(C)OCCC(C)(C)CCCNC(=C)F.CC. The smallest absolute Gasteiger partial charge is 0.179 e. The molecule has 0 aromatic carbocycles. The zero-order chi connectivity index (χ0) is 17.6. The molecule has 0 radical (unpaired) electrons. The Labute approximate surface area is 138 Å². The minimum atomic E-state index is -0.449. The zero-order valence-electron chi connectivity index (χ0n) is 15.7. The van der Waals surface area contributed by atoms with Gasteiger partial charge in [0.1, 0.15) is 0 Å². The second-order valence-electron chi connectivity index (χ2n) is 6.78. The number of allylic oxidation sites excluding steroid dienone is 1. The summed E-state index contributed by atoms with van der Waals surface area (Å²) in [5.74, 6) is -0.449. The third-order valence-corrected chi connectivity index (χ3v) is 3.57. The molecular weight excluding hydrogens is 277 g/mol. The second kappa shape index (κ2) is 12.7. The van der Waals surface area contributed by atoms with Gasteiger partial charge in [-0.25, -0.2) is 0 Å². The van der Waals surface area contributed by atoms with E-state index < -0.39 is 5.95 Å². The Kier molecular flexibility index (Phi) is 13.5. The lowest BCUT2D eigenvalue weighted by molar-refractivity contribution is -0.0343.